The van der Waals surface area contributed by atoms with Crippen molar-refractivity contribution >= 4 is 0 Å². The van der Waals surface area contributed by atoms with Crippen LogP contribution in [0.25, 0.3) is 11.4 Å². The molecule has 78 valence electrons. The molecule has 0 saturated carbocycles. The highest BCUT2D eigenvalue weighted by Crippen LogP contribution is 2.26. The summed E-state index contributed by atoms with van der Waals surface area (Å²) in [6.45, 7) is 2.01. The van der Waals surface area contributed by atoms with Gasteiger partial charge < -0.3 is 15.4 Å². The van der Waals surface area contributed by atoms with E-state index in [4.69, 9.17) is 10.3 Å². The van der Waals surface area contributed by atoms with Crippen molar-refractivity contribution in [3.05, 3.63) is 29.7 Å². The van der Waals surface area contributed by atoms with Gasteiger partial charge in [-0.2, -0.15) is 4.98 Å². The summed E-state index contributed by atoms with van der Waals surface area (Å²) in [5, 5.41) is 13.3. The Labute approximate surface area is 86.5 Å². The maximum Gasteiger partial charge on any atom is 0.240 e. The van der Waals surface area contributed by atoms with Crippen LogP contribution in [0.3, 0.4) is 0 Å². The van der Waals surface area contributed by atoms with E-state index in [1.165, 1.54) is 0 Å². The predicted molar refractivity (Wildman–Crippen MR) is 54.0 cm³/mol. The molecule has 5 heteroatoms. The van der Waals surface area contributed by atoms with Crippen LogP contribution in [0.15, 0.2) is 22.7 Å². The van der Waals surface area contributed by atoms with Gasteiger partial charge in [-0.3, -0.25) is 0 Å². The first kappa shape index (κ1) is 9.67. The second-order valence-corrected chi connectivity index (χ2v) is 3.17. The Morgan fingerprint density at radius 3 is 2.93 bits per heavy atom. The molecule has 15 heavy (non-hydrogen) atoms. The lowest BCUT2D eigenvalue weighted by atomic mass is 10.1. The number of hydrogen-bond donors (Lipinski definition) is 2. The molecule has 0 spiro atoms. The van der Waals surface area contributed by atoms with Crippen molar-refractivity contribution in [3.63, 3.8) is 0 Å². The third kappa shape index (κ3) is 1.69. The molecule has 0 bridgehead atoms. The van der Waals surface area contributed by atoms with Crippen molar-refractivity contribution in [1.82, 2.24) is 10.1 Å². The summed E-state index contributed by atoms with van der Waals surface area (Å²) in [6.07, 6.45) is 0. The molecule has 5 nitrogen and oxygen atoms in total. The van der Waals surface area contributed by atoms with E-state index < -0.39 is 0 Å². The van der Waals surface area contributed by atoms with Gasteiger partial charge in [0, 0.05) is 11.1 Å². The molecule has 0 aliphatic heterocycles. The lowest BCUT2D eigenvalue weighted by Gasteiger charge is -2.01. The van der Waals surface area contributed by atoms with E-state index in [1.54, 1.807) is 19.1 Å². The number of phenols is 1. The Kier molecular flexibility index (Phi) is 2.39. The first-order chi connectivity index (χ1) is 7.22. The van der Waals surface area contributed by atoms with Gasteiger partial charge in [0.05, 0.1) is 6.54 Å². The fraction of sp³-hybridized carbons (Fsp3) is 0.200. The second-order valence-electron chi connectivity index (χ2n) is 3.17. The van der Waals surface area contributed by atoms with Gasteiger partial charge in [0.15, 0.2) is 0 Å². The molecule has 1 aromatic heterocycles. The number of nitrogens with two attached hydrogens (primary N) is 1. The number of phenolic OH excluding ortho intramolecular Hbond substituents is 1. The van der Waals surface area contributed by atoms with Crippen molar-refractivity contribution in [2.24, 2.45) is 5.73 Å². The predicted octanol–water partition coefficient (Wildman–Crippen LogP) is 1.21. The topological polar surface area (TPSA) is 85.2 Å². The molecular weight excluding hydrogens is 194 g/mol. The fourth-order valence-electron chi connectivity index (χ4n) is 1.31. The summed E-state index contributed by atoms with van der Waals surface area (Å²) in [5.74, 6) is 1.04. The number of hydrogen-bond acceptors (Lipinski definition) is 5. The first-order valence-corrected chi connectivity index (χ1v) is 4.54. The second kappa shape index (κ2) is 3.70. The van der Waals surface area contributed by atoms with E-state index in [0.29, 0.717) is 11.7 Å². The van der Waals surface area contributed by atoms with Gasteiger partial charge >= 0.3 is 0 Å². The Morgan fingerprint density at radius 2 is 2.27 bits per heavy atom. The molecular formula is C10H11N3O2. The van der Waals surface area contributed by atoms with E-state index in [0.717, 1.165) is 11.1 Å². The van der Waals surface area contributed by atoms with Gasteiger partial charge in [0.25, 0.3) is 0 Å². The largest absolute Gasteiger partial charge is 0.508 e. The van der Waals surface area contributed by atoms with E-state index in [-0.39, 0.29) is 12.3 Å². The van der Waals surface area contributed by atoms with E-state index >= 15 is 0 Å². The summed E-state index contributed by atoms with van der Waals surface area (Å²) >= 11 is 0. The highest BCUT2D eigenvalue weighted by Gasteiger charge is 2.11. The van der Waals surface area contributed by atoms with Crippen LogP contribution in [0.4, 0.5) is 0 Å². The average Bonchev–Trinajstić information content (AvgIpc) is 2.70. The zero-order valence-corrected chi connectivity index (χ0v) is 8.27. The van der Waals surface area contributed by atoms with Crippen LogP contribution in [0.5, 0.6) is 5.75 Å². The molecule has 0 aliphatic rings. The lowest BCUT2D eigenvalue weighted by molar-refractivity contribution is 0.380. The quantitative estimate of drug-likeness (QED) is 0.769. The van der Waals surface area contributed by atoms with Gasteiger partial charge in [0.2, 0.25) is 11.7 Å². The number of benzene rings is 1. The number of rotatable bonds is 2. The standard InChI is InChI=1S/C10H11N3O2/c1-6-7(3-2-4-8(6)14)10-12-9(5-11)15-13-10/h2-4,14H,5,11H2,1H3. The maximum atomic E-state index is 9.51. The number of aromatic nitrogens is 2. The third-order valence-electron chi connectivity index (χ3n) is 2.19. The molecule has 0 unspecified atom stereocenters. The van der Waals surface area contributed by atoms with Crippen LogP contribution in [0.1, 0.15) is 11.5 Å². The van der Waals surface area contributed by atoms with Crippen LogP contribution < -0.4 is 5.73 Å². The highest BCUT2D eigenvalue weighted by molar-refractivity contribution is 5.62. The summed E-state index contributed by atoms with van der Waals surface area (Å²) < 4.78 is 4.90. The molecule has 1 aromatic carbocycles. The average molecular weight is 205 g/mol. The van der Waals surface area contributed by atoms with Gasteiger partial charge in [-0.25, -0.2) is 0 Å². The van der Waals surface area contributed by atoms with Gasteiger partial charge in [-0.05, 0) is 13.0 Å². The summed E-state index contributed by atoms with van der Waals surface area (Å²) in [6, 6.07) is 5.17. The summed E-state index contributed by atoms with van der Waals surface area (Å²) in [4.78, 5) is 4.09. The Balaban J connectivity index is 2.49. The van der Waals surface area contributed by atoms with Crippen LogP contribution in [-0.2, 0) is 6.54 Å². The lowest BCUT2D eigenvalue weighted by Crippen LogP contribution is -1.95. The maximum absolute atomic E-state index is 9.51. The van der Waals surface area contributed by atoms with Crippen molar-refractivity contribution in [3.8, 4) is 17.1 Å². The summed E-state index contributed by atoms with van der Waals surface area (Å²) in [7, 11) is 0. The minimum atomic E-state index is 0.213. The van der Waals surface area contributed by atoms with Crippen LogP contribution in [-0.4, -0.2) is 15.2 Å². The van der Waals surface area contributed by atoms with E-state index in [1.807, 2.05) is 6.07 Å². The molecule has 1 heterocycles. The molecule has 0 atom stereocenters. The Bertz CT molecular complexity index is 479. The van der Waals surface area contributed by atoms with Crippen molar-refractivity contribution in [2.45, 2.75) is 13.5 Å². The third-order valence-corrected chi connectivity index (χ3v) is 2.19. The normalized spacial score (nSPS) is 10.5. The molecule has 0 aliphatic carbocycles. The molecule has 2 aromatic rings. The van der Waals surface area contributed by atoms with Gasteiger partial charge in [0.1, 0.15) is 5.75 Å². The van der Waals surface area contributed by atoms with Gasteiger partial charge in [-0.1, -0.05) is 17.3 Å². The van der Waals surface area contributed by atoms with E-state index in [2.05, 4.69) is 10.1 Å². The number of aromatic hydroxyl groups is 1. The highest BCUT2D eigenvalue weighted by atomic mass is 16.5. The van der Waals surface area contributed by atoms with Gasteiger partial charge in [-0.15, -0.1) is 0 Å². The zero-order valence-electron chi connectivity index (χ0n) is 8.27. The smallest absolute Gasteiger partial charge is 0.240 e. The Hall–Kier alpha value is -1.88. The van der Waals surface area contributed by atoms with Crippen LogP contribution >= 0.6 is 0 Å². The Morgan fingerprint density at radius 1 is 1.47 bits per heavy atom. The van der Waals surface area contributed by atoms with Crippen molar-refractivity contribution < 1.29 is 9.63 Å². The molecule has 3 N–H and O–H groups in total. The van der Waals surface area contributed by atoms with Crippen molar-refractivity contribution in [1.29, 1.82) is 0 Å². The monoisotopic (exact) mass is 205 g/mol. The minimum Gasteiger partial charge on any atom is -0.508 e. The molecule has 0 fully saturated rings. The molecule has 2 rings (SSSR count). The number of nitrogens with zero attached hydrogens (tertiary/aromatic N) is 2. The van der Waals surface area contributed by atoms with Crippen molar-refractivity contribution in [2.75, 3.05) is 0 Å². The van der Waals surface area contributed by atoms with Crippen LogP contribution in [0, 0.1) is 6.92 Å². The fourth-order valence-corrected chi connectivity index (χ4v) is 1.31. The first-order valence-electron chi connectivity index (χ1n) is 4.54. The van der Waals surface area contributed by atoms with E-state index in [9.17, 15) is 5.11 Å². The summed E-state index contributed by atoms with van der Waals surface area (Å²) in [5.41, 5.74) is 6.84. The molecule has 0 amide bonds. The van der Waals surface area contributed by atoms with Crippen LogP contribution in [0.2, 0.25) is 0 Å². The SMILES string of the molecule is Cc1c(O)cccc1-c1noc(CN)n1. The molecule has 0 saturated heterocycles. The molecule has 0 radical (unpaired) electrons. The zero-order chi connectivity index (χ0) is 10.8. The minimum absolute atomic E-state index is 0.213.